The van der Waals surface area contributed by atoms with Gasteiger partial charge in [0.25, 0.3) is 0 Å². The molecule has 5 nitrogen and oxygen atoms in total. The van der Waals surface area contributed by atoms with Gasteiger partial charge in [-0.2, -0.15) is 0 Å². The van der Waals surface area contributed by atoms with Gasteiger partial charge in [0, 0.05) is 6.54 Å². The van der Waals surface area contributed by atoms with E-state index in [1.807, 2.05) is 0 Å². The number of carbonyl (C=O) groups excluding carboxylic acids is 1. The number of rotatable bonds is 6. The molecule has 1 amide bonds. The van der Waals surface area contributed by atoms with Gasteiger partial charge in [-0.1, -0.05) is 6.07 Å². The van der Waals surface area contributed by atoms with Crippen LogP contribution in [0, 0.1) is 0 Å². The topological polar surface area (TPSA) is 67.8 Å². The summed E-state index contributed by atoms with van der Waals surface area (Å²) in [6.07, 6.45) is -0.822. The van der Waals surface area contributed by atoms with Gasteiger partial charge in [0.15, 0.2) is 11.5 Å². The molecule has 1 aromatic carbocycles. The summed E-state index contributed by atoms with van der Waals surface area (Å²) in [5.41, 5.74) is 0.627. The molecule has 18 heavy (non-hydrogen) atoms. The average molecular weight is 274 g/mol. The first-order valence-corrected chi connectivity index (χ1v) is 5.88. The summed E-state index contributed by atoms with van der Waals surface area (Å²) in [5, 5.41) is 12.4. The molecule has 0 saturated carbocycles. The highest BCUT2D eigenvalue weighted by molar-refractivity contribution is 6.27. The van der Waals surface area contributed by atoms with Gasteiger partial charge in [-0.15, -0.1) is 11.6 Å². The Balaban J connectivity index is 2.73. The fraction of sp³-hybridized carbons (Fsp3) is 0.417. The van der Waals surface area contributed by atoms with E-state index in [4.69, 9.17) is 21.1 Å². The summed E-state index contributed by atoms with van der Waals surface area (Å²) in [7, 11) is 3.05. The molecule has 0 aliphatic carbocycles. The van der Waals surface area contributed by atoms with Crippen molar-refractivity contribution in [2.24, 2.45) is 0 Å². The number of methoxy groups -OCH3 is 2. The number of hydrogen-bond donors (Lipinski definition) is 2. The Kier molecular flexibility index (Phi) is 5.74. The maximum absolute atomic E-state index is 11.0. The predicted molar refractivity (Wildman–Crippen MR) is 68.2 cm³/mol. The third kappa shape index (κ3) is 3.78. The number of benzene rings is 1. The molecular formula is C12H16ClNO4. The largest absolute Gasteiger partial charge is 0.493 e. The number of ether oxygens (including phenoxy) is 2. The van der Waals surface area contributed by atoms with Crippen LogP contribution in [0.3, 0.4) is 0 Å². The Morgan fingerprint density at radius 2 is 2.06 bits per heavy atom. The highest BCUT2D eigenvalue weighted by Crippen LogP contribution is 2.29. The maximum Gasteiger partial charge on any atom is 0.235 e. The van der Waals surface area contributed by atoms with Crippen LogP contribution in [-0.2, 0) is 4.79 Å². The van der Waals surface area contributed by atoms with Crippen molar-refractivity contribution in [3.8, 4) is 11.5 Å². The van der Waals surface area contributed by atoms with E-state index in [2.05, 4.69) is 5.32 Å². The van der Waals surface area contributed by atoms with Crippen molar-refractivity contribution in [2.45, 2.75) is 6.10 Å². The normalized spacial score (nSPS) is 11.8. The third-order valence-electron chi connectivity index (χ3n) is 2.41. The fourth-order valence-electron chi connectivity index (χ4n) is 1.44. The van der Waals surface area contributed by atoms with Crippen LogP contribution < -0.4 is 14.8 Å². The Morgan fingerprint density at radius 3 is 2.61 bits per heavy atom. The van der Waals surface area contributed by atoms with Crippen molar-refractivity contribution in [3.05, 3.63) is 23.8 Å². The SMILES string of the molecule is COc1ccc(C(O)CNC(=O)CCl)cc1OC. The van der Waals surface area contributed by atoms with Crippen molar-refractivity contribution in [3.63, 3.8) is 0 Å². The first-order valence-electron chi connectivity index (χ1n) is 5.35. The molecule has 1 atom stereocenters. The van der Waals surface area contributed by atoms with Gasteiger partial charge in [-0.25, -0.2) is 0 Å². The zero-order chi connectivity index (χ0) is 13.5. The molecule has 6 heteroatoms. The number of carbonyl (C=O) groups is 1. The number of alkyl halides is 1. The van der Waals surface area contributed by atoms with E-state index in [9.17, 15) is 9.90 Å². The van der Waals surface area contributed by atoms with Crippen LogP contribution in [0.4, 0.5) is 0 Å². The average Bonchev–Trinajstić information content (AvgIpc) is 2.43. The van der Waals surface area contributed by atoms with Gasteiger partial charge < -0.3 is 19.9 Å². The van der Waals surface area contributed by atoms with E-state index < -0.39 is 6.10 Å². The molecule has 1 aromatic rings. The molecule has 0 fully saturated rings. The van der Waals surface area contributed by atoms with E-state index >= 15 is 0 Å². The third-order valence-corrected chi connectivity index (χ3v) is 2.65. The van der Waals surface area contributed by atoms with Crippen LogP contribution in [0.1, 0.15) is 11.7 Å². The number of amides is 1. The van der Waals surface area contributed by atoms with Crippen molar-refractivity contribution in [2.75, 3.05) is 26.6 Å². The zero-order valence-electron chi connectivity index (χ0n) is 10.3. The summed E-state index contributed by atoms with van der Waals surface area (Å²) >= 11 is 5.34. The van der Waals surface area contributed by atoms with Gasteiger partial charge in [-0.05, 0) is 17.7 Å². The zero-order valence-corrected chi connectivity index (χ0v) is 11.0. The number of halogens is 1. The second-order valence-corrected chi connectivity index (χ2v) is 3.84. The Bertz CT molecular complexity index is 411. The number of nitrogens with one attached hydrogen (secondary N) is 1. The lowest BCUT2D eigenvalue weighted by Crippen LogP contribution is -2.29. The molecule has 0 aliphatic heterocycles. The molecule has 0 radical (unpaired) electrons. The van der Waals surface area contributed by atoms with Crippen LogP contribution in [0.25, 0.3) is 0 Å². The van der Waals surface area contributed by atoms with Gasteiger partial charge >= 0.3 is 0 Å². The number of aliphatic hydroxyl groups excluding tert-OH is 1. The molecule has 0 saturated heterocycles. The van der Waals surface area contributed by atoms with Gasteiger partial charge in [-0.3, -0.25) is 4.79 Å². The van der Waals surface area contributed by atoms with Gasteiger partial charge in [0.1, 0.15) is 5.88 Å². The Hall–Kier alpha value is -1.46. The quantitative estimate of drug-likeness (QED) is 0.762. The van der Waals surface area contributed by atoms with E-state index in [1.54, 1.807) is 18.2 Å². The molecular weight excluding hydrogens is 258 g/mol. The second-order valence-electron chi connectivity index (χ2n) is 3.57. The molecule has 2 N–H and O–H groups in total. The molecule has 0 aliphatic rings. The number of aliphatic hydroxyl groups is 1. The van der Waals surface area contributed by atoms with Crippen LogP contribution in [-0.4, -0.2) is 37.7 Å². The van der Waals surface area contributed by atoms with Gasteiger partial charge in [0.05, 0.1) is 20.3 Å². The maximum atomic E-state index is 11.0. The lowest BCUT2D eigenvalue weighted by Gasteiger charge is -2.14. The van der Waals surface area contributed by atoms with Crippen molar-refractivity contribution >= 4 is 17.5 Å². The summed E-state index contributed by atoms with van der Waals surface area (Å²) in [6, 6.07) is 5.07. The van der Waals surface area contributed by atoms with Gasteiger partial charge in [0.2, 0.25) is 5.91 Å². The smallest absolute Gasteiger partial charge is 0.235 e. The molecule has 0 spiro atoms. The molecule has 1 unspecified atom stereocenters. The molecule has 0 bridgehead atoms. The van der Waals surface area contributed by atoms with Crippen molar-refractivity contribution in [1.82, 2.24) is 5.32 Å². The lowest BCUT2D eigenvalue weighted by molar-refractivity contribution is -0.119. The lowest BCUT2D eigenvalue weighted by atomic mass is 10.1. The summed E-state index contributed by atoms with van der Waals surface area (Å²) in [4.78, 5) is 11.0. The van der Waals surface area contributed by atoms with Crippen molar-refractivity contribution in [1.29, 1.82) is 0 Å². The summed E-state index contributed by atoms with van der Waals surface area (Å²) < 4.78 is 10.2. The first-order chi connectivity index (χ1) is 8.62. The van der Waals surface area contributed by atoms with E-state index in [-0.39, 0.29) is 18.3 Å². The van der Waals surface area contributed by atoms with Crippen molar-refractivity contribution < 1.29 is 19.4 Å². The highest BCUT2D eigenvalue weighted by atomic mass is 35.5. The molecule has 0 aromatic heterocycles. The minimum absolute atomic E-state index is 0.0983. The van der Waals surface area contributed by atoms with Crippen LogP contribution in [0.15, 0.2) is 18.2 Å². The monoisotopic (exact) mass is 273 g/mol. The van der Waals surface area contributed by atoms with Crippen LogP contribution in [0.5, 0.6) is 11.5 Å². The van der Waals surface area contributed by atoms with E-state index in [0.717, 1.165) is 0 Å². The predicted octanol–water partition coefficient (Wildman–Crippen LogP) is 1.09. The number of hydrogen-bond acceptors (Lipinski definition) is 4. The standard InChI is InChI=1S/C12H16ClNO4/c1-17-10-4-3-8(5-11(10)18-2)9(15)7-14-12(16)6-13/h3-5,9,15H,6-7H2,1-2H3,(H,14,16). The summed E-state index contributed by atoms with van der Waals surface area (Å²) in [6.45, 7) is 0.0983. The Labute approximate surface area is 111 Å². The highest BCUT2D eigenvalue weighted by Gasteiger charge is 2.12. The van der Waals surface area contributed by atoms with Crippen LogP contribution in [0.2, 0.25) is 0 Å². The fourth-order valence-corrected chi connectivity index (χ4v) is 1.53. The van der Waals surface area contributed by atoms with E-state index in [1.165, 1.54) is 14.2 Å². The molecule has 1 rings (SSSR count). The minimum Gasteiger partial charge on any atom is -0.493 e. The minimum atomic E-state index is -0.822. The molecule has 100 valence electrons. The Morgan fingerprint density at radius 1 is 1.39 bits per heavy atom. The van der Waals surface area contributed by atoms with E-state index in [0.29, 0.717) is 17.1 Å². The summed E-state index contributed by atoms with van der Waals surface area (Å²) in [5.74, 6) is 0.658. The van der Waals surface area contributed by atoms with Crippen LogP contribution >= 0.6 is 11.6 Å². The first kappa shape index (κ1) is 14.6. The molecule has 0 heterocycles. The second kappa shape index (κ2) is 7.08.